The van der Waals surface area contributed by atoms with Crippen LogP contribution in [0.4, 0.5) is 4.39 Å². The lowest BCUT2D eigenvalue weighted by molar-refractivity contribution is 0.0956. The highest BCUT2D eigenvalue weighted by molar-refractivity contribution is 5.96. The number of aliphatic hydroxyl groups is 1. The molecule has 0 atom stereocenters. The summed E-state index contributed by atoms with van der Waals surface area (Å²) in [7, 11) is 0. The average molecular weight is 281 g/mol. The first-order valence-corrected chi connectivity index (χ1v) is 7.21. The molecule has 1 N–H and O–H groups in total. The zero-order valence-electron chi connectivity index (χ0n) is 12.4. The molecule has 1 aromatic carbocycles. The van der Waals surface area contributed by atoms with Gasteiger partial charge < -0.3 is 10.0 Å². The molecule has 0 aliphatic rings. The van der Waals surface area contributed by atoms with E-state index in [1.54, 1.807) is 19.1 Å². The second-order valence-corrected chi connectivity index (χ2v) is 5.06. The van der Waals surface area contributed by atoms with Crippen LogP contribution < -0.4 is 0 Å². The van der Waals surface area contributed by atoms with Gasteiger partial charge in [-0.15, -0.1) is 0 Å². The van der Waals surface area contributed by atoms with Crippen molar-refractivity contribution in [3.8, 4) is 0 Å². The lowest BCUT2D eigenvalue weighted by atomic mass is 10.1. The zero-order chi connectivity index (χ0) is 15.0. The number of carbonyl (C=O) groups excluding carboxylic acids is 1. The fourth-order valence-corrected chi connectivity index (χ4v) is 2.03. The van der Waals surface area contributed by atoms with Crippen molar-refractivity contribution in [1.29, 1.82) is 0 Å². The Balaban J connectivity index is 2.53. The van der Waals surface area contributed by atoms with Crippen LogP contribution in [0.25, 0.3) is 0 Å². The second kappa shape index (κ2) is 8.82. The first-order chi connectivity index (χ1) is 9.58. The van der Waals surface area contributed by atoms with Crippen molar-refractivity contribution in [3.63, 3.8) is 0 Å². The number of Topliss-reactive ketones (excluding diaryl/α,β-unsaturated/α-hetero) is 1. The summed E-state index contributed by atoms with van der Waals surface area (Å²) in [5.41, 5.74) is 0.971. The van der Waals surface area contributed by atoms with Crippen molar-refractivity contribution in [2.24, 2.45) is 0 Å². The number of halogens is 1. The number of hydrogen-bond donors (Lipinski definition) is 1. The minimum Gasteiger partial charge on any atom is -0.395 e. The molecule has 0 saturated heterocycles. The maximum absolute atomic E-state index is 13.4. The quantitative estimate of drug-likeness (QED) is 0.708. The molecule has 1 rings (SSSR count). The number of hydrogen-bond acceptors (Lipinski definition) is 3. The van der Waals surface area contributed by atoms with E-state index < -0.39 is 0 Å². The third-order valence-electron chi connectivity index (χ3n) is 3.39. The lowest BCUT2D eigenvalue weighted by Crippen LogP contribution is -2.30. The molecule has 0 aliphatic heterocycles. The summed E-state index contributed by atoms with van der Waals surface area (Å²) in [5.74, 6) is -0.391. The lowest BCUT2D eigenvalue weighted by Gasteiger charge is -2.20. The molecular formula is C16H24FNO2. The van der Waals surface area contributed by atoms with E-state index >= 15 is 0 Å². The van der Waals surface area contributed by atoms with Gasteiger partial charge in [-0.3, -0.25) is 4.79 Å². The van der Waals surface area contributed by atoms with E-state index in [1.165, 1.54) is 6.07 Å². The molecule has 0 amide bonds. The Bertz CT molecular complexity index is 434. The van der Waals surface area contributed by atoms with Gasteiger partial charge in [0.15, 0.2) is 5.78 Å². The maximum Gasteiger partial charge on any atom is 0.164 e. The van der Waals surface area contributed by atoms with Gasteiger partial charge in [-0.05, 0) is 31.5 Å². The molecule has 0 spiro atoms. The number of carbonyl (C=O) groups is 1. The molecule has 0 aromatic heterocycles. The van der Waals surface area contributed by atoms with Gasteiger partial charge in [-0.25, -0.2) is 4.39 Å². The SMILES string of the molecule is CCCCN(CCO)CCC(=O)c1ccc(C)c(F)c1. The number of unbranched alkanes of at least 4 members (excludes halogenated alkanes) is 1. The average Bonchev–Trinajstić information content (AvgIpc) is 2.44. The Morgan fingerprint density at radius 2 is 2.05 bits per heavy atom. The standard InChI is InChI=1S/C16H24FNO2/c1-3-4-8-18(10-11-19)9-7-16(20)14-6-5-13(2)15(17)12-14/h5-6,12,19H,3-4,7-11H2,1-2H3. The summed E-state index contributed by atoms with van der Waals surface area (Å²) in [5, 5.41) is 9.01. The molecule has 0 aliphatic carbocycles. The Kier molecular flexibility index (Phi) is 7.41. The van der Waals surface area contributed by atoms with E-state index in [-0.39, 0.29) is 18.2 Å². The van der Waals surface area contributed by atoms with Gasteiger partial charge in [0.2, 0.25) is 0 Å². The number of aliphatic hydroxyl groups excluding tert-OH is 1. The number of rotatable bonds is 9. The van der Waals surface area contributed by atoms with E-state index in [0.29, 0.717) is 30.6 Å². The van der Waals surface area contributed by atoms with Crippen LogP contribution in [0.5, 0.6) is 0 Å². The van der Waals surface area contributed by atoms with Crippen LogP contribution >= 0.6 is 0 Å². The fourth-order valence-electron chi connectivity index (χ4n) is 2.03. The van der Waals surface area contributed by atoms with Crippen LogP contribution in [-0.4, -0.2) is 42.0 Å². The summed E-state index contributed by atoms with van der Waals surface area (Å²) in [4.78, 5) is 14.1. The number of aryl methyl sites for hydroxylation is 1. The molecule has 3 nitrogen and oxygen atoms in total. The molecule has 0 unspecified atom stereocenters. The Labute approximate surface area is 120 Å². The molecule has 0 bridgehead atoms. The van der Waals surface area contributed by atoms with E-state index in [9.17, 15) is 9.18 Å². The van der Waals surface area contributed by atoms with E-state index in [0.717, 1.165) is 19.4 Å². The van der Waals surface area contributed by atoms with E-state index in [2.05, 4.69) is 11.8 Å². The van der Waals surface area contributed by atoms with Crippen LogP contribution in [0.2, 0.25) is 0 Å². The van der Waals surface area contributed by atoms with Crippen LogP contribution in [0.15, 0.2) is 18.2 Å². The Morgan fingerprint density at radius 1 is 1.30 bits per heavy atom. The van der Waals surface area contributed by atoms with Gasteiger partial charge in [-0.1, -0.05) is 25.5 Å². The molecule has 4 heteroatoms. The monoisotopic (exact) mass is 281 g/mol. The molecule has 20 heavy (non-hydrogen) atoms. The summed E-state index contributed by atoms with van der Waals surface area (Å²) < 4.78 is 13.4. The molecule has 0 heterocycles. The van der Waals surface area contributed by atoms with Crippen molar-refractivity contribution < 1.29 is 14.3 Å². The molecule has 0 fully saturated rings. The Hall–Kier alpha value is -1.26. The highest BCUT2D eigenvalue weighted by atomic mass is 19.1. The van der Waals surface area contributed by atoms with E-state index in [1.807, 2.05) is 0 Å². The maximum atomic E-state index is 13.4. The number of benzene rings is 1. The largest absolute Gasteiger partial charge is 0.395 e. The molecule has 0 saturated carbocycles. The molecule has 1 aromatic rings. The third kappa shape index (κ3) is 5.39. The van der Waals surface area contributed by atoms with Gasteiger partial charge in [0.1, 0.15) is 5.82 Å². The van der Waals surface area contributed by atoms with Crippen molar-refractivity contribution in [2.45, 2.75) is 33.1 Å². The van der Waals surface area contributed by atoms with Crippen LogP contribution in [0.3, 0.4) is 0 Å². The summed E-state index contributed by atoms with van der Waals surface area (Å²) >= 11 is 0. The van der Waals surface area contributed by atoms with Gasteiger partial charge in [0, 0.05) is 25.1 Å². The van der Waals surface area contributed by atoms with Gasteiger partial charge in [0.25, 0.3) is 0 Å². The highest BCUT2D eigenvalue weighted by Crippen LogP contribution is 2.11. The number of ketones is 1. The van der Waals surface area contributed by atoms with Crippen molar-refractivity contribution in [2.75, 3.05) is 26.2 Å². The summed E-state index contributed by atoms with van der Waals surface area (Å²) in [6.07, 6.45) is 2.48. The van der Waals surface area contributed by atoms with Crippen molar-refractivity contribution in [3.05, 3.63) is 35.1 Å². The minimum atomic E-state index is -0.339. The van der Waals surface area contributed by atoms with Crippen LogP contribution in [-0.2, 0) is 0 Å². The van der Waals surface area contributed by atoms with Crippen LogP contribution in [0.1, 0.15) is 42.1 Å². The Morgan fingerprint density at radius 3 is 2.65 bits per heavy atom. The summed E-state index contributed by atoms with van der Waals surface area (Å²) in [6, 6.07) is 4.61. The predicted octanol–water partition coefficient (Wildman–Crippen LogP) is 2.80. The molecule has 112 valence electrons. The highest BCUT2D eigenvalue weighted by Gasteiger charge is 2.11. The second-order valence-electron chi connectivity index (χ2n) is 5.06. The van der Waals surface area contributed by atoms with Gasteiger partial charge in [0.05, 0.1) is 6.61 Å². The first-order valence-electron chi connectivity index (χ1n) is 7.21. The van der Waals surface area contributed by atoms with Gasteiger partial charge in [-0.2, -0.15) is 0 Å². The number of nitrogens with zero attached hydrogens (tertiary/aromatic N) is 1. The first kappa shape index (κ1) is 16.8. The van der Waals surface area contributed by atoms with Crippen molar-refractivity contribution >= 4 is 5.78 Å². The third-order valence-corrected chi connectivity index (χ3v) is 3.39. The van der Waals surface area contributed by atoms with Crippen molar-refractivity contribution in [1.82, 2.24) is 4.90 Å². The fraction of sp³-hybridized carbons (Fsp3) is 0.562. The summed E-state index contributed by atoms with van der Waals surface area (Å²) in [6.45, 7) is 5.95. The smallest absolute Gasteiger partial charge is 0.164 e. The molecular weight excluding hydrogens is 257 g/mol. The molecule has 0 radical (unpaired) electrons. The normalized spacial score (nSPS) is 11.1. The zero-order valence-corrected chi connectivity index (χ0v) is 12.4. The minimum absolute atomic E-state index is 0.0525. The van der Waals surface area contributed by atoms with Crippen LogP contribution in [0, 0.1) is 12.7 Å². The predicted molar refractivity (Wildman–Crippen MR) is 78.5 cm³/mol. The topological polar surface area (TPSA) is 40.5 Å². The van der Waals surface area contributed by atoms with Gasteiger partial charge >= 0.3 is 0 Å². The van der Waals surface area contributed by atoms with E-state index in [4.69, 9.17) is 5.11 Å².